The number of carbonyl (C=O) groups is 1. The van der Waals surface area contributed by atoms with Gasteiger partial charge in [0.2, 0.25) is 0 Å². The summed E-state index contributed by atoms with van der Waals surface area (Å²) in [6.45, 7) is 2.46. The van der Waals surface area contributed by atoms with Crippen molar-refractivity contribution in [2.24, 2.45) is 10.9 Å². The van der Waals surface area contributed by atoms with Crippen molar-refractivity contribution in [3.8, 4) is 0 Å². The standard InChI is InChI=1S/C10H19N3O3/c1-15-10(14)13-6-3-9(4-7-13)12-16-8-2-5-11/h2-8,11H2,1H3. The van der Waals surface area contributed by atoms with Crippen LogP contribution in [0.2, 0.25) is 0 Å². The van der Waals surface area contributed by atoms with Crippen LogP contribution in [0.15, 0.2) is 5.16 Å². The van der Waals surface area contributed by atoms with Gasteiger partial charge in [-0.1, -0.05) is 5.16 Å². The van der Waals surface area contributed by atoms with Gasteiger partial charge >= 0.3 is 6.09 Å². The van der Waals surface area contributed by atoms with E-state index in [1.165, 1.54) is 7.11 Å². The van der Waals surface area contributed by atoms with Gasteiger partial charge in [-0.25, -0.2) is 4.79 Å². The smallest absolute Gasteiger partial charge is 0.409 e. The third kappa shape index (κ3) is 4.06. The molecule has 0 aromatic heterocycles. The number of amides is 1. The van der Waals surface area contributed by atoms with Crippen molar-refractivity contribution in [2.45, 2.75) is 19.3 Å². The van der Waals surface area contributed by atoms with Crippen molar-refractivity contribution in [3.05, 3.63) is 0 Å². The number of carbonyl (C=O) groups excluding carboxylic acids is 1. The van der Waals surface area contributed by atoms with Crippen LogP contribution in [0.4, 0.5) is 4.79 Å². The fourth-order valence-electron chi connectivity index (χ4n) is 1.45. The molecule has 16 heavy (non-hydrogen) atoms. The summed E-state index contributed by atoms with van der Waals surface area (Å²) in [6, 6.07) is 0. The molecule has 92 valence electrons. The monoisotopic (exact) mass is 229 g/mol. The molecular weight excluding hydrogens is 210 g/mol. The van der Waals surface area contributed by atoms with Crippen LogP contribution in [0.5, 0.6) is 0 Å². The van der Waals surface area contributed by atoms with E-state index in [0.29, 0.717) is 26.2 Å². The second kappa shape index (κ2) is 7.05. The molecule has 0 saturated carbocycles. The molecular formula is C10H19N3O3. The molecule has 0 unspecified atom stereocenters. The first kappa shape index (κ1) is 12.8. The first-order valence-corrected chi connectivity index (χ1v) is 5.48. The van der Waals surface area contributed by atoms with Gasteiger partial charge in [-0.2, -0.15) is 0 Å². The number of nitrogens with zero attached hydrogens (tertiary/aromatic N) is 2. The summed E-state index contributed by atoms with van der Waals surface area (Å²) in [7, 11) is 1.39. The fourth-order valence-corrected chi connectivity index (χ4v) is 1.45. The number of likely N-dealkylation sites (tertiary alicyclic amines) is 1. The maximum Gasteiger partial charge on any atom is 0.409 e. The van der Waals surface area contributed by atoms with Crippen LogP contribution in [0.1, 0.15) is 19.3 Å². The second-order valence-corrected chi connectivity index (χ2v) is 3.59. The molecule has 1 amide bonds. The van der Waals surface area contributed by atoms with Crippen LogP contribution in [-0.2, 0) is 9.57 Å². The number of nitrogens with two attached hydrogens (primary N) is 1. The van der Waals surface area contributed by atoms with Gasteiger partial charge < -0.3 is 20.2 Å². The summed E-state index contributed by atoms with van der Waals surface area (Å²) in [5.74, 6) is 0. The molecule has 6 nitrogen and oxygen atoms in total. The Balaban J connectivity index is 2.23. The highest BCUT2D eigenvalue weighted by Crippen LogP contribution is 2.08. The topological polar surface area (TPSA) is 77.1 Å². The average molecular weight is 229 g/mol. The number of ether oxygens (including phenoxy) is 1. The summed E-state index contributed by atoms with van der Waals surface area (Å²) < 4.78 is 4.64. The third-order valence-electron chi connectivity index (χ3n) is 2.41. The van der Waals surface area contributed by atoms with E-state index in [9.17, 15) is 4.79 Å². The minimum absolute atomic E-state index is 0.275. The molecule has 1 heterocycles. The molecule has 0 aromatic carbocycles. The lowest BCUT2D eigenvalue weighted by Crippen LogP contribution is -2.38. The second-order valence-electron chi connectivity index (χ2n) is 3.59. The molecule has 0 aromatic rings. The summed E-state index contributed by atoms with van der Waals surface area (Å²) in [5.41, 5.74) is 6.33. The number of piperidine rings is 1. The number of oxime groups is 1. The zero-order valence-electron chi connectivity index (χ0n) is 9.65. The maximum absolute atomic E-state index is 11.2. The Morgan fingerprint density at radius 2 is 2.19 bits per heavy atom. The van der Waals surface area contributed by atoms with Gasteiger partial charge in [0.1, 0.15) is 6.61 Å². The highest BCUT2D eigenvalue weighted by Gasteiger charge is 2.20. The van der Waals surface area contributed by atoms with Crippen LogP contribution in [0.25, 0.3) is 0 Å². The van der Waals surface area contributed by atoms with Gasteiger partial charge in [0.25, 0.3) is 0 Å². The number of hydrogen-bond donors (Lipinski definition) is 1. The van der Waals surface area contributed by atoms with Crippen molar-refractivity contribution in [1.82, 2.24) is 4.90 Å². The zero-order chi connectivity index (χ0) is 11.8. The Morgan fingerprint density at radius 3 is 2.75 bits per heavy atom. The number of methoxy groups -OCH3 is 1. The van der Waals surface area contributed by atoms with E-state index in [0.717, 1.165) is 25.0 Å². The van der Waals surface area contributed by atoms with Crippen LogP contribution >= 0.6 is 0 Å². The first-order chi connectivity index (χ1) is 7.77. The van der Waals surface area contributed by atoms with Crippen molar-refractivity contribution in [1.29, 1.82) is 0 Å². The summed E-state index contributed by atoms with van der Waals surface area (Å²) in [6.07, 6.45) is 2.03. The van der Waals surface area contributed by atoms with Crippen molar-refractivity contribution in [3.63, 3.8) is 0 Å². The average Bonchev–Trinajstić information content (AvgIpc) is 2.34. The molecule has 1 aliphatic heterocycles. The Hall–Kier alpha value is -1.30. The Morgan fingerprint density at radius 1 is 1.50 bits per heavy atom. The lowest BCUT2D eigenvalue weighted by molar-refractivity contribution is 0.120. The number of hydrogen-bond acceptors (Lipinski definition) is 5. The minimum Gasteiger partial charge on any atom is -0.453 e. The third-order valence-corrected chi connectivity index (χ3v) is 2.41. The molecule has 0 radical (unpaired) electrons. The van der Waals surface area contributed by atoms with Crippen LogP contribution < -0.4 is 5.73 Å². The Kier molecular flexibility index (Phi) is 5.63. The highest BCUT2D eigenvalue weighted by molar-refractivity contribution is 5.86. The summed E-state index contributed by atoms with van der Waals surface area (Å²) in [5, 5.41) is 4.02. The zero-order valence-corrected chi connectivity index (χ0v) is 9.65. The molecule has 0 spiro atoms. The van der Waals surface area contributed by atoms with E-state index in [4.69, 9.17) is 10.6 Å². The van der Waals surface area contributed by atoms with Crippen LogP contribution in [-0.4, -0.2) is 50.1 Å². The molecule has 0 aliphatic carbocycles. The van der Waals surface area contributed by atoms with Crippen molar-refractivity contribution in [2.75, 3.05) is 33.4 Å². The van der Waals surface area contributed by atoms with Crippen LogP contribution in [0, 0.1) is 0 Å². The SMILES string of the molecule is COC(=O)N1CCC(=NOCCCN)CC1. The molecule has 0 atom stereocenters. The Labute approximate surface area is 95.4 Å². The van der Waals surface area contributed by atoms with Crippen LogP contribution in [0.3, 0.4) is 0 Å². The maximum atomic E-state index is 11.2. The Bertz CT molecular complexity index is 246. The first-order valence-electron chi connectivity index (χ1n) is 5.48. The lowest BCUT2D eigenvalue weighted by Gasteiger charge is -2.25. The molecule has 1 aliphatic rings. The predicted octanol–water partition coefficient (Wildman–Crippen LogP) is 0.570. The van der Waals surface area contributed by atoms with Gasteiger partial charge in [-0.3, -0.25) is 0 Å². The molecule has 1 fully saturated rings. The van der Waals surface area contributed by atoms with E-state index in [2.05, 4.69) is 9.89 Å². The molecule has 6 heteroatoms. The van der Waals surface area contributed by atoms with Gasteiger partial charge in [0, 0.05) is 25.9 Å². The van der Waals surface area contributed by atoms with E-state index in [1.54, 1.807) is 4.90 Å². The van der Waals surface area contributed by atoms with Gasteiger partial charge in [-0.05, 0) is 13.0 Å². The van der Waals surface area contributed by atoms with Crippen molar-refractivity contribution >= 4 is 11.8 Å². The van der Waals surface area contributed by atoms with Gasteiger partial charge in [0.05, 0.1) is 12.8 Å². The minimum atomic E-state index is -0.275. The van der Waals surface area contributed by atoms with Crippen molar-refractivity contribution < 1.29 is 14.4 Å². The van der Waals surface area contributed by atoms with E-state index in [-0.39, 0.29) is 6.09 Å². The summed E-state index contributed by atoms with van der Waals surface area (Å²) >= 11 is 0. The predicted molar refractivity (Wildman–Crippen MR) is 60.3 cm³/mol. The largest absolute Gasteiger partial charge is 0.453 e. The molecule has 1 saturated heterocycles. The summed E-state index contributed by atoms with van der Waals surface area (Å²) in [4.78, 5) is 18.0. The van der Waals surface area contributed by atoms with E-state index in [1.807, 2.05) is 0 Å². The van der Waals surface area contributed by atoms with Gasteiger partial charge in [-0.15, -0.1) is 0 Å². The quantitative estimate of drug-likeness (QED) is 0.564. The van der Waals surface area contributed by atoms with Gasteiger partial charge in [0.15, 0.2) is 0 Å². The molecule has 2 N–H and O–H groups in total. The lowest BCUT2D eigenvalue weighted by atomic mass is 10.1. The molecule has 1 rings (SSSR count). The highest BCUT2D eigenvalue weighted by atomic mass is 16.6. The van der Waals surface area contributed by atoms with E-state index >= 15 is 0 Å². The molecule has 0 bridgehead atoms. The normalized spacial score (nSPS) is 15.9. The number of rotatable bonds is 4. The van der Waals surface area contributed by atoms with E-state index < -0.39 is 0 Å². The fraction of sp³-hybridized carbons (Fsp3) is 0.800.